The molecule has 0 unspecified atom stereocenters. The molecule has 5 N–H and O–H groups in total. The first-order valence-electron chi connectivity index (χ1n) is 12.4. The van der Waals surface area contributed by atoms with E-state index in [0.29, 0.717) is 11.7 Å². The molecule has 1 aliphatic heterocycles. The SMILES string of the molecule is CC(=N)N1CCC(N=C(N)c2cccc(/C=C/CN(C(=O)C(C)C)c3cccc(O)c3C(=O)O)c2)CC1. The first-order valence-corrected chi connectivity index (χ1v) is 12.4. The van der Waals surface area contributed by atoms with E-state index in [0.717, 1.165) is 37.1 Å². The number of aliphatic imine (C=N–C) groups is 1. The zero-order valence-electron chi connectivity index (χ0n) is 21.5. The van der Waals surface area contributed by atoms with Crippen LogP contribution >= 0.6 is 0 Å². The number of aromatic hydroxyl groups is 1. The summed E-state index contributed by atoms with van der Waals surface area (Å²) < 4.78 is 0. The Kier molecular flexibility index (Phi) is 9.05. The number of nitrogens with one attached hydrogen (secondary N) is 1. The molecule has 3 rings (SSSR count). The van der Waals surface area contributed by atoms with Gasteiger partial charge in [-0.15, -0.1) is 0 Å². The van der Waals surface area contributed by atoms with Crippen molar-refractivity contribution in [2.24, 2.45) is 16.6 Å². The summed E-state index contributed by atoms with van der Waals surface area (Å²) in [5.41, 5.74) is 7.80. The number of carbonyl (C=O) groups is 2. The average Bonchev–Trinajstić information content (AvgIpc) is 2.86. The van der Waals surface area contributed by atoms with Crippen LogP contribution in [0.4, 0.5) is 5.69 Å². The van der Waals surface area contributed by atoms with Gasteiger partial charge in [0.2, 0.25) is 5.91 Å². The van der Waals surface area contributed by atoms with Gasteiger partial charge in [0.25, 0.3) is 0 Å². The van der Waals surface area contributed by atoms with Crippen molar-refractivity contribution in [3.63, 3.8) is 0 Å². The lowest BCUT2D eigenvalue weighted by Crippen LogP contribution is -2.38. The summed E-state index contributed by atoms with van der Waals surface area (Å²) >= 11 is 0. The maximum atomic E-state index is 12.9. The molecular formula is C28H35N5O4. The molecule has 0 aliphatic carbocycles. The van der Waals surface area contributed by atoms with Gasteiger partial charge < -0.3 is 25.7 Å². The van der Waals surface area contributed by atoms with E-state index in [2.05, 4.69) is 0 Å². The first kappa shape index (κ1) is 27.4. The molecule has 0 bridgehead atoms. The van der Waals surface area contributed by atoms with Gasteiger partial charge in [-0.2, -0.15) is 0 Å². The minimum atomic E-state index is -1.31. The topological polar surface area (TPSA) is 143 Å². The van der Waals surface area contributed by atoms with Crippen molar-refractivity contribution >= 4 is 35.3 Å². The number of phenols is 1. The maximum Gasteiger partial charge on any atom is 0.341 e. The number of nitrogens with zero attached hydrogens (tertiary/aromatic N) is 3. The number of carboxylic acids is 1. The highest BCUT2D eigenvalue weighted by Gasteiger charge is 2.25. The quantitative estimate of drug-likeness (QED) is 0.316. The van der Waals surface area contributed by atoms with E-state index < -0.39 is 11.7 Å². The molecule has 0 saturated carbocycles. The zero-order chi connectivity index (χ0) is 27.1. The van der Waals surface area contributed by atoms with E-state index in [1.807, 2.05) is 35.2 Å². The van der Waals surface area contributed by atoms with E-state index in [1.165, 1.54) is 23.1 Å². The van der Waals surface area contributed by atoms with Crippen LogP contribution in [0.2, 0.25) is 0 Å². The van der Waals surface area contributed by atoms with Crippen LogP contribution in [0, 0.1) is 11.3 Å². The average molecular weight is 506 g/mol. The highest BCUT2D eigenvalue weighted by Crippen LogP contribution is 2.29. The third kappa shape index (κ3) is 6.97. The zero-order valence-corrected chi connectivity index (χ0v) is 21.5. The third-order valence-corrected chi connectivity index (χ3v) is 6.33. The van der Waals surface area contributed by atoms with Gasteiger partial charge in [0.05, 0.1) is 17.6 Å². The molecule has 37 heavy (non-hydrogen) atoms. The highest BCUT2D eigenvalue weighted by molar-refractivity contribution is 6.04. The molecule has 9 nitrogen and oxygen atoms in total. The lowest BCUT2D eigenvalue weighted by atomic mass is 10.0. The highest BCUT2D eigenvalue weighted by atomic mass is 16.4. The number of amides is 1. The number of hydrogen-bond acceptors (Lipinski definition) is 5. The Balaban J connectivity index is 1.77. The minimum absolute atomic E-state index is 0.121. The number of nitrogens with two attached hydrogens (primary N) is 1. The van der Waals surface area contributed by atoms with E-state index in [4.69, 9.17) is 16.1 Å². The van der Waals surface area contributed by atoms with Crippen LogP contribution in [0.5, 0.6) is 5.75 Å². The second-order valence-electron chi connectivity index (χ2n) is 9.43. The molecule has 0 atom stereocenters. The van der Waals surface area contributed by atoms with Gasteiger partial charge in [-0.25, -0.2) is 4.79 Å². The fourth-order valence-corrected chi connectivity index (χ4v) is 4.29. The number of benzene rings is 2. The minimum Gasteiger partial charge on any atom is -0.507 e. The first-order chi connectivity index (χ1) is 17.6. The predicted octanol–water partition coefficient (Wildman–Crippen LogP) is 3.96. The van der Waals surface area contributed by atoms with Crippen molar-refractivity contribution in [3.8, 4) is 5.75 Å². The molecule has 0 aromatic heterocycles. The molecule has 1 fully saturated rings. The van der Waals surface area contributed by atoms with Gasteiger partial charge in [-0.1, -0.05) is 50.3 Å². The second kappa shape index (κ2) is 12.2. The summed E-state index contributed by atoms with van der Waals surface area (Å²) in [6.07, 6.45) is 5.32. The molecule has 0 spiro atoms. The Morgan fingerprint density at radius 3 is 2.51 bits per heavy atom. The summed E-state index contributed by atoms with van der Waals surface area (Å²) in [5, 5.41) is 27.5. The fourth-order valence-electron chi connectivity index (χ4n) is 4.29. The number of carboxylic acid groups (broad SMARTS) is 1. The Bertz CT molecular complexity index is 1210. The summed E-state index contributed by atoms with van der Waals surface area (Å²) in [6, 6.07) is 12.0. The summed E-state index contributed by atoms with van der Waals surface area (Å²) in [4.78, 5) is 32.8. The number of amidine groups is 2. The smallest absolute Gasteiger partial charge is 0.341 e. The molecule has 1 heterocycles. The van der Waals surface area contributed by atoms with Crippen molar-refractivity contribution in [1.29, 1.82) is 5.41 Å². The number of likely N-dealkylation sites (tertiary alicyclic amines) is 1. The van der Waals surface area contributed by atoms with Crippen molar-refractivity contribution in [2.45, 2.75) is 39.7 Å². The number of piperidine rings is 1. The Labute approximate surface area is 217 Å². The van der Waals surface area contributed by atoms with E-state index in [-0.39, 0.29) is 35.7 Å². The predicted molar refractivity (Wildman–Crippen MR) is 146 cm³/mol. The molecule has 9 heteroatoms. The van der Waals surface area contributed by atoms with Gasteiger partial charge in [0, 0.05) is 31.1 Å². The Morgan fingerprint density at radius 2 is 1.89 bits per heavy atom. The van der Waals surface area contributed by atoms with Crippen molar-refractivity contribution in [3.05, 3.63) is 65.2 Å². The van der Waals surface area contributed by atoms with E-state index in [9.17, 15) is 19.8 Å². The Morgan fingerprint density at radius 1 is 1.22 bits per heavy atom. The molecule has 1 saturated heterocycles. The third-order valence-electron chi connectivity index (χ3n) is 6.33. The number of carbonyl (C=O) groups excluding carboxylic acids is 1. The molecule has 196 valence electrons. The van der Waals surface area contributed by atoms with E-state index in [1.54, 1.807) is 26.8 Å². The van der Waals surface area contributed by atoms with Crippen LogP contribution in [0.3, 0.4) is 0 Å². The van der Waals surface area contributed by atoms with Crippen LogP contribution < -0.4 is 10.6 Å². The lowest BCUT2D eigenvalue weighted by molar-refractivity contribution is -0.121. The van der Waals surface area contributed by atoms with Gasteiger partial charge >= 0.3 is 5.97 Å². The van der Waals surface area contributed by atoms with Crippen LogP contribution in [-0.4, -0.2) is 64.3 Å². The molecule has 0 radical (unpaired) electrons. The van der Waals surface area contributed by atoms with Gasteiger partial charge in [-0.05, 0) is 43.5 Å². The number of hydrogen-bond donors (Lipinski definition) is 4. The summed E-state index contributed by atoms with van der Waals surface area (Å²) in [7, 11) is 0. The van der Waals surface area contributed by atoms with Gasteiger partial charge in [-0.3, -0.25) is 15.2 Å². The largest absolute Gasteiger partial charge is 0.507 e. The van der Waals surface area contributed by atoms with Crippen molar-refractivity contribution in [1.82, 2.24) is 4.90 Å². The molecule has 2 aromatic carbocycles. The number of rotatable bonds is 8. The van der Waals surface area contributed by atoms with Crippen LogP contribution in [0.1, 0.15) is 55.1 Å². The van der Waals surface area contributed by atoms with Crippen molar-refractivity contribution in [2.75, 3.05) is 24.5 Å². The van der Waals surface area contributed by atoms with Crippen molar-refractivity contribution < 1.29 is 19.8 Å². The lowest BCUT2D eigenvalue weighted by Gasteiger charge is -2.31. The molecule has 1 aliphatic rings. The molecule has 1 amide bonds. The molecular weight excluding hydrogens is 470 g/mol. The van der Waals surface area contributed by atoms with Crippen LogP contribution in [0.25, 0.3) is 6.08 Å². The molecule has 2 aromatic rings. The van der Waals surface area contributed by atoms with Crippen LogP contribution in [-0.2, 0) is 4.79 Å². The second-order valence-corrected chi connectivity index (χ2v) is 9.43. The number of aromatic carboxylic acids is 1. The summed E-state index contributed by atoms with van der Waals surface area (Å²) in [6.45, 7) is 7.00. The summed E-state index contributed by atoms with van der Waals surface area (Å²) in [5.74, 6) is -1.29. The normalized spacial score (nSPS) is 14.8. The monoisotopic (exact) mass is 505 g/mol. The maximum absolute atomic E-state index is 12.9. The standard InChI is InChI=1S/C28H35N5O4/c1-18(2)27(35)33(23-10-5-11-24(34)25(23)28(36)37)14-6-8-20-7-4-9-21(17-20)26(30)31-22-12-15-32(16-13-22)19(3)29/h4-11,17-18,22,29,34H,12-16H2,1-3H3,(H2,30,31)(H,36,37)/b8-6+,29-19?. The Hall–Kier alpha value is -4.14. The fraction of sp³-hybridized carbons (Fsp3) is 0.357. The van der Waals surface area contributed by atoms with Gasteiger partial charge in [0.1, 0.15) is 17.1 Å². The number of anilines is 1. The van der Waals surface area contributed by atoms with Crippen LogP contribution in [0.15, 0.2) is 53.5 Å². The van der Waals surface area contributed by atoms with Gasteiger partial charge in [0.15, 0.2) is 0 Å². The van der Waals surface area contributed by atoms with E-state index >= 15 is 0 Å².